The van der Waals surface area contributed by atoms with Gasteiger partial charge in [-0.1, -0.05) is 13.8 Å². The van der Waals surface area contributed by atoms with E-state index in [-0.39, 0.29) is 16.9 Å². The minimum atomic E-state index is -0.378. The van der Waals surface area contributed by atoms with E-state index in [0.717, 1.165) is 5.56 Å². The van der Waals surface area contributed by atoms with E-state index in [1.54, 1.807) is 18.3 Å². The molecule has 0 atom stereocenters. The summed E-state index contributed by atoms with van der Waals surface area (Å²) >= 11 is 3.97. The zero-order valence-corrected chi connectivity index (χ0v) is 13.7. The molecule has 6 nitrogen and oxygen atoms in total. The number of carbonyl (C=O) groups is 1. The summed E-state index contributed by atoms with van der Waals surface area (Å²) in [4.78, 5) is 24.7. The Labute approximate surface area is 134 Å². The molecule has 0 saturated heterocycles. The van der Waals surface area contributed by atoms with Crippen molar-refractivity contribution in [2.24, 2.45) is 0 Å². The summed E-state index contributed by atoms with van der Waals surface area (Å²) in [5.74, 6) is 1.06. The molecule has 0 aliphatic rings. The van der Waals surface area contributed by atoms with Crippen molar-refractivity contribution in [1.29, 1.82) is 0 Å². The van der Waals surface area contributed by atoms with E-state index in [9.17, 15) is 4.79 Å². The Morgan fingerprint density at radius 2 is 1.77 bits per heavy atom. The van der Waals surface area contributed by atoms with Gasteiger partial charge in [0.05, 0.1) is 25.8 Å². The second-order valence-corrected chi connectivity index (χ2v) is 5.27. The number of rotatable bonds is 5. The highest BCUT2D eigenvalue weighted by molar-refractivity contribution is 7.97. The van der Waals surface area contributed by atoms with Crippen molar-refractivity contribution in [3.8, 4) is 23.3 Å². The zero-order chi connectivity index (χ0) is 16.3. The summed E-state index contributed by atoms with van der Waals surface area (Å²) in [6.45, 7) is 3.98. The first-order valence-electron chi connectivity index (χ1n) is 6.67. The van der Waals surface area contributed by atoms with E-state index in [1.165, 1.54) is 14.2 Å². The fourth-order valence-electron chi connectivity index (χ4n) is 2.07. The van der Waals surface area contributed by atoms with Crippen LogP contribution in [0.5, 0.6) is 11.8 Å². The van der Waals surface area contributed by atoms with Crippen LogP contribution in [0.3, 0.4) is 0 Å². The van der Waals surface area contributed by atoms with Crippen LogP contribution in [0.1, 0.15) is 35.7 Å². The summed E-state index contributed by atoms with van der Waals surface area (Å²) in [6, 6.07) is 3.35. The van der Waals surface area contributed by atoms with Crippen molar-refractivity contribution in [2.45, 2.75) is 19.8 Å². The van der Waals surface area contributed by atoms with Gasteiger partial charge in [-0.2, -0.15) is 9.97 Å². The number of aromatic nitrogens is 3. The topological polar surface area (TPSA) is 74.2 Å². The molecule has 2 aromatic heterocycles. The SMILES string of the molecule is COc1cc(OC)nc(-c2nccc(C(C)C)c2C(=O)S)n1. The van der Waals surface area contributed by atoms with Crippen molar-refractivity contribution in [2.75, 3.05) is 14.2 Å². The average Bonchev–Trinajstić information content (AvgIpc) is 2.53. The van der Waals surface area contributed by atoms with Gasteiger partial charge in [0, 0.05) is 6.20 Å². The molecule has 0 aliphatic carbocycles. The predicted molar refractivity (Wildman–Crippen MR) is 85.8 cm³/mol. The van der Waals surface area contributed by atoms with Crippen LogP contribution in [0.15, 0.2) is 18.3 Å². The van der Waals surface area contributed by atoms with Crippen LogP contribution in [-0.2, 0) is 0 Å². The third-order valence-corrected chi connectivity index (χ3v) is 3.35. The van der Waals surface area contributed by atoms with Crippen molar-refractivity contribution >= 4 is 17.7 Å². The lowest BCUT2D eigenvalue weighted by atomic mass is 9.97. The molecule has 0 amide bonds. The lowest BCUT2D eigenvalue weighted by molar-refractivity contribution is 0.109. The van der Waals surface area contributed by atoms with Gasteiger partial charge in [-0.05, 0) is 17.5 Å². The number of hydrogen-bond donors (Lipinski definition) is 1. The van der Waals surface area contributed by atoms with Gasteiger partial charge in [0.2, 0.25) is 16.9 Å². The molecule has 2 aromatic rings. The highest BCUT2D eigenvalue weighted by atomic mass is 32.1. The minimum Gasteiger partial charge on any atom is -0.481 e. The molecule has 0 saturated carbocycles. The average molecular weight is 319 g/mol. The van der Waals surface area contributed by atoms with Crippen molar-refractivity contribution in [1.82, 2.24) is 15.0 Å². The number of thiol groups is 1. The minimum absolute atomic E-state index is 0.139. The third-order valence-electron chi connectivity index (χ3n) is 3.13. The maximum absolute atomic E-state index is 12.0. The van der Waals surface area contributed by atoms with E-state index in [4.69, 9.17) is 9.47 Å². The molecule has 0 aromatic carbocycles. The van der Waals surface area contributed by atoms with Crippen molar-refractivity contribution in [3.05, 3.63) is 29.5 Å². The summed E-state index contributed by atoms with van der Waals surface area (Å²) in [7, 11) is 2.99. The van der Waals surface area contributed by atoms with Gasteiger partial charge >= 0.3 is 0 Å². The van der Waals surface area contributed by atoms with Crippen LogP contribution in [0.25, 0.3) is 11.5 Å². The molecule has 0 N–H and O–H groups in total. The third kappa shape index (κ3) is 3.19. The largest absolute Gasteiger partial charge is 0.481 e. The van der Waals surface area contributed by atoms with Crippen LogP contribution in [-0.4, -0.2) is 34.3 Å². The first kappa shape index (κ1) is 16.2. The molecule has 2 rings (SSSR count). The number of ether oxygens (including phenoxy) is 2. The highest BCUT2D eigenvalue weighted by Gasteiger charge is 2.21. The monoisotopic (exact) mass is 319 g/mol. The molecular weight excluding hydrogens is 302 g/mol. The molecule has 22 heavy (non-hydrogen) atoms. The van der Waals surface area contributed by atoms with E-state index >= 15 is 0 Å². The predicted octanol–water partition coefficient (Wildman–Crippen LogP) is 2.75. The highest BCUT2D eigenvalue weighted by Crippen LogP contribution is 2.29. The lowest BCUT2D eigenvalue weighted by Crippen LogP contribution is -2.07. The molecule has 0 radical (unpaired) electrons. The number of hydrogen-bond acceptors (Lipinski definition) is 6. The van der Waals surface area contributed by atoms with Gasteiger partial charge in [0.15, 0.2) is 5.82 Å². The van der Waals surface area contributed by atoms with Gasteiger partial charge in [-0.15, -0.1) is 12.6 Å². The van der Waals surface area contributed by atoms with Crippen LogP contribution >= 0.6 is 12.6 Å². The fourth-order valence-corrected chi connectivity index (χ4v) is 2.31. The summed E-state index contributed by atoms with van der Waals surface area (Å²) in [5.41, 5.74) is 1.61. The first-order valence-corrected chi connectivity index (χ1v) is 7.12. The Kier molecular flexibility index (Phi) is 4.97. The van der Waals surface area contributed by atoms with Gasteiger partial charge in [0.25, 0.3) is 0 Å². The second-order valence-electron chi connectivity index (χ2n) is 4.86. The molecule has 0 spiro atoms. The lowest BCUT2D eigenvalue weighted by Gasteiger charge is -2.14. The molecule has 0 aliphatic heterocycles. The molecule has 116 valence electrons. The van der Waals surface area contributed by atoms with E-state index in [1.807, 2.05) is 13.8 Å². The second kappa shape index (κ2) is 6.74. The molecule has 0 fully saturated rings. The number of nitrogens with zero attached hydrogens (tertiary/aromatic N) is 3. The van der Waals surface area contributed by atoms with Crippen LogP contribution < -0.4 is 9.47 Å². The van der Waals surface area contributed by atoms with Gasteiger partial charge in [-0.3, -0.25) is 9.78 Å². The molecule has 0 unspecified atom stereocenters. The molecular formula is C15H17N3O3S. The molecule has 0 bridgehead atoms. The normalized spacial score (nSPS) is 10.6. The first-order chi connectivity index (χ1) is 10.5. The standard InChI is InChI=1S/C15H17N3O3S/c1-8(2)9-5-6-16-13(12(9)15(19)22)14-17-10(20-3)7-11(18-14)21-4/h5-8H,1-4H3,(H,19,22). The Morgan fingerprint density at radius 3 is 2.23 bits per heavy atom. The number of methoxy groups -OCH3 is 2. The van der Waals surface area contributed by atoms with Gasteiger partial charge < -0.3 is 9.47 Å². The summed E-state index contributed by atoms with van der Waals surface area (Å²) < 4.78 is 10.3. The fraction of sp³-hybridized carbons (Fsp3) is 0.333. The number of carbonyl (C=O) groups excluding carboxylic acids is 1. The maximum Gasteiger partial charge on any atom is 0.220 e. The Balaban J connectivity index is 2.72. The smallest absolute Gasteiger partial charge is 0.220 e. The Bertz CT molecular complexity index is 682. The Hall–Kier alpha value is -2.15. The maximum atomic E-state index is 12.0. The van der Waals surface area contributed by atoms with E-state index < -0.39 is 0 Å². The quantitative estimate of drug-likeness (QED) is 0.854. The van der Waals surface area contributed by atoms with E-state index in [0.29, 0.717) is 23.0 Å². The molecule has 2 heterocycles. The van der Waals surface area contributed by atoms with Crippen LogP contribution in [0.4, 0.5) is 0 Å². The molecule has 7 heteroatoms. The zero-order valence-electron chi connectivity index (χ0n) is 12.8. The summed E-state index contributed by atoms with van der Waals surface area (Å²) in [6.07, 6.45) is 1.63. The van der Waals surface area contributed by atoms with E-state index in [2.05, 4.69) is 27.6 Å². The summed E-state index contributed by atoms with van der Waals surface area (Å²) in [5, 5.41) is -0.378. The van der Waals surface area contributed by atoms with Crippen molar-refractivity contribution in [3.63, 3.8) is 0 Å². The van der Waals surface area contributed by atoms with Crippen LogP contribution in [0, 0.1) is 0 Å². The van der Waals surface area contributed by atoms with Crippen molar-refractivity contribution < 1.29 is 14.3 Å². The number of pyridine rings is 1. The van der Waals surface area contributed by atoms with Crippen LogP contribution in [0.2, 0.25) is 0 Å². The Morgan fingerprint density at radius 1 is 1.18 bits per heavy atom. The van der Waals surface area contributed by atoms with Gasteiger partial charge in [-0.25, -0.2) is 0 Å². The van der Waals surface area contributed by atoms with Gasteiger partial charge in [0.1, 0.15) is 5.69 Å².